The summed E-state index contributed by atoms with van der Waals surface area (Å²) in [6, 6.07) is 0.393. The summed E-state index contributed by atoms with van der Waals surface area (Å²) in [6.07, 6.45) is 1.05. The molecule has 0 fully saturated rings. The Kier molecular flexibility index (Phi) is 5.65. The molecule has 0 amide bonds. The molecule has 0 saturated carbocycles. The molecular weight excluding hydrogens is 214 g/mol. The molecule has 1 rings (SSSR count). The minimum absolute atomic E-state index is 0.393. The number of ether oxygens (including phenoxy) is 1. The molecule has 1 unspecified atom stereocenters. The van der Waals surface area contributed by atoms with Crippen LogP contribution in [-0.2, 0) is 4.74 Å². The van der Waals surface area contributed by atoms with Crippen LogP contribution in [-0.4, -0.2) is 36.6 Å². The lowest BCUT2D eigenvalue weighted by Crippen LogP contribution is -2.26. The summed E-state index contributed by atoms with van der Waals surface area (Å²) in [7, 11) is 1.74. The van der Waals surface area contributed by atoms with Crippen LogP contribution >= 0.6 is 0 Å². The third-order valence-electron chi connectivity index (χ3n) is 3.25. The molecule has 0 aromatic carbocycles. The van der Waals surface area contributed by atoms with Crippen LogP contribution in [0.4, 0.5) is 0 Å². The van der Waals surface area contributed by atoms with E-state index in [1.165, 1.54) is 11.3 Å². The topological polar surface area (TPSA) is 39.1 Å². The fourth-order valence-corrected chi connectivity index (χ4v) is 1.91. The number of hydrogen-bond acceptors (Lipinski definition) is 3. The predicted molar refractivity (Wildman–Crippen MR) is 70.5 cm³/mol. The van der Waals surface area contributed by atoms with Gasteiger partial charge in [-0.15, -0.1) is 0 Å². The zero-order valence-corrected chi connectivity index (χ0v) is 11.7. The highest BCUT2D eigenvalue weighted by atomic mass is 16.5. The fourth-order valence-electron chi connectivity index (χ4n) is 1.91. The Morgan fingerprint density at radius 2 is 2.06 bits per heavy atom. The lowest BCUT2D eigenvalue weighted by molar-refractivity contribution is 0.194. The molecule has 0 aliphatic heterocycles. The van der Waals surface area contributed by atoms with Crippen LogP contribution in [0.3, 0.4) is 0 Å². The van der Waals surface area contributed by atoms with Gasteiger partial charge in [-0.25, -0.2) is 0 Å². The van der Waals surface area contributed by atoms with Crippen molar-refractivity contribution in [1.29, 1.82) is 0 Å². The van der Waals surface area contributed by atoms with Gasteiger partial charge in [-0.3, -0.25) is 4.68 Å². The van der Waals surface area contributed by atoms with Crippen molar-refractivity contribution in [3.8, 4) is 0 Å². The molecule has 0 saturated heterocycles. The SMILES string of the molecule is COCCCNCC(C)n1nc(C)c(C)c1C. The van der Waals surface area contributed by atoms with Crippen LogP contribution in [0.2, 0.25) is 0 Å². The fraction of sp³-hybridized carbons (Fsp3) is 0.769. The maximum absolute atomic E-state index is 5.01. The molecule has 1 aromatic heterocycles. The van der Waals surface area contributed by atoms with Crippen molar-refractivity contribution in [2.45, 2.75) is 40.2 Å². The van der Waals surface area contributed by atoms with Crippen molar-refractivity contribution in [3.05, 3.63) is 17.0 Å². The normalized spacial score (nSPS) is 13.0. The van der Waals surface area contributed by atoms with E-state index in [1.54, 1.807) is 7.11 Å². The number of nitrogens with one attached hydrogen (secondary N) is 1. The molecule has 1 N–H and O–H groups in total. The molecule has 0 spiro atoms. The Balaban J connectivity index is 2.41. The highest BCUT2D eigenvalue weighted by Crippen LogP contribution is 2.15. The summed E-state index contributed by atoms with van der Waals surface area (Å²) < 4.78 is 7.13. The minimum atomic E-state index is 0.393. The van der Waals surface area contributed by atoms with Crippen molar-refractivity contribution in [2.24, 2.45) is 0 Å². The van der Waals surface area contributed by atoms with Gasteiger partial charge >= 0.3 is 0 Å². The molecule has 4 nitrogen and oxygen atoms in total. The van der Waals surface area contributed by atoms with Crippen LogP contribution < -0.4 is 5.32 Å². The van der Waals surface area contributed by atoms with Gasteiger partial charge in [0.15, 0.2) is 0 Å². The first-order chi connectivity index (χ1) is 8.07. The van der Waals surface area contributed by atoms with Crippen LogP contribution in [0, 0.1) is 20.8 Å². The lowest BCUT2D eigenvalue weighted by atomic mass is 10.2. The summed E-state index contributed by atoms with van der Waals surface area (Å²) in [4.78, 5) is 0. The Morgan fingerprint density at radius 1 is 1.35 bits per heavy atom. The zero-order valence-electron chi connectivity index (χ0n) is 11.7. The third kappa shape index (κ3) is 3.82. The van der Waals surface area contributed by atoms with Gasteiger partial charge in [0.1, 0.15) is 0 Å². The highest BCUT2D eigenvalue weighted by molar-refractivity contribution is 5.22. The second-order valence-corrected chi connectivity index (χ2v) is 4.64. The Hall–Kier alpha value is -0.870. The van der Waals surface area contributed by atoms with E-state index in [0.717, 1.165) is 31.8 Å². The molecule has 1 atom stereocenters. The standard InChI is InChI=1S/C13H25N3O/c1-10(9-14-7-6-8-17-5)16-13(4)11(2)12(3)15-16/h10,14H,6-9H2,1-5H3. The van der Waals surface area contributed by atoms with Gasteiger partial charge in [0.25, 0.3) is 0 Å². The molecule has 98 valence electrons. The molecule has 0 bridgehead atoms. The first-order valence-corrected chi connectivity index (χ1v) is 6.30. The van der Waals surface area contributed by atoms with E-state index >= 15 is 0 Å². The Labute approximate surface area is 104 Å². The number of hydrogen-bond donors (Lipinski definition) is 1. The molecule has 0 aliphatic rings. The van der Waals surface area contributed by atoms with E-state index in [-0.39, 0.29) is 0 Å². The average Bonchev–Trinajstić information content (AvgIpc) is 2.56. The molecular formula is C13H25N3O. The molecule has 4 heteroatoms. The van der Waals surface area contributed by atoms with Crippen molar-refractivity contribution in [2.75, 3.05) is 26.8 Å². The predicted octanol–water partition coefficient (Wildman–Crippen LogP) is 2.00. The highest BCUT2D eigenvalue weighted by Gasteiger charge is 2.12. The van der Waals surface area contributed by atoms with E-state index in [2.05, 4.69) is 42.8 Å². The molecule has 1 aromatic rings. The van der Waals surface area contributed by atoms with E-state index in [1.807, 2.05) is 0 Å². The number of rotatable bonds is 7. The van der Waals surface area contributed by atoms with Crippen LogP contribution in [0.15, 0.2) is 0 Å². The zero-order chi connectivity index (χ0) is 12.8. The maximum atomic E-state index is 5.01. The number of aryl methyl sites for hydroxylation is 1. The van der Waals surface area contributed by atoms with Gasteiger partial charge in [0.2, 0.25) is 0 Å². The van der Waals surface area contributed by atoms with Crippen LogP contribution in [0.1, 0.15) is 36.3 Å². The van der Waals surface area contributed by atoms with Crippen LogP contribution in [0.25, 0.3) is 0 Å². The monoisotopic (exact) mass is 239 g/mol. The second kappa shape index (κ2) is 6.77. The number of nitrogens with zero attached hydrogens (tertiary/aromatic N) is 2. The summed E-state index contributed by atoms with van der Waals surface area (Å²) in [5.74, 6) is 0. The van der Waals surface area contributed by atoms with Crippen molar-refractivity contribution in [1.82, 2.24) is 15.1 Å². The average molecular weight is 239 g/mol. The van der Waals surface area contributed by atoms with Gasteiger partial charge in [-0.05, 0) is 46.2 Å². The second-order valence-electron chi connectivity index (χ2n) is 4.64. The van der Waals surface area contributed by atoms with Gasteiger partial charge < -0.3 is 10.1 Å². The van der Waals surface area contributed by atoms with Crippen LogP contribution in [0.5, 0.6) is 0 Å². The summed E-state index contributed by atoms with van der Waals surface area (Å²) in [6.45, 7) is 11.3. The number of methoxy groups -OCH3 is 1. The molecule has 0 aliphatic carbocycles. The third-order valence-corrected chi connectivity index (χ3v) is 3.25. The summed E-state index contributed by atoms with van der Waals surface area (Å²) in [5, 5.41) is 8.01. The maximum Gasteiger partial charge on any atom is 0.0625 e. The Morgan fingerprint density at radius 3 is 2.59 bits per heavy atom. The first-order valence-electron chi connectivity index (χ1n) is 6.30. The summed E-state index contributed by atoms with van der Waals surface area (Å²) in [5.41, 5.74) is 3.71. The van der Waals surface area contributed by atoms with E-state index in [4.69, 9.17) is 4.74 Å². The Bertz CT molecular complexity index is 347. The number of aromatic nitrogens is 2. The van der Waals surface area contributed by atoms with Crippen molar-refractivity contribution >= 4 is 0 Å². The van der Waals surface area contributed by atoms with E-state index < -0.39 is 0 Å². The van der Waals surface area contributed by atoms with E-state index in [0.29, 0.717) is 6.04 Å². The molecule has 17 heavy (non-hydrogen) atoms. The largest absolute Gasteiger partial charge is 0.385 e. The van der Waals surface area contributed by atoms with Gasteiger partial charge in [-0.1, -0.05) is 0 Å². The van der Waals surface area contributed by atoms with Gasteiger partial charge in [-0.2, -0.15) is 5.10 Å². The van der Waals surface area contributed by atoms with Crippen molar-refractivity contribution in [3.63, 3.8) is 0 Å². The minimum Gasteiger partial charge on any atom is -0.385 e. The van der Waals surface area contributed by atoms with Gasteiger partial charge in [0.05, 0.1) is 11.7 Å². The molecule has 1 heterocycles. The summed E-state index contributed by atoms with van der Waals surface area (Å²) >= 11 is 0. The van der Waals surface area contributed by atoms with Gasteiger partial charge in [0, 0.05) is 26.0 Å². The smallest absolute Gasteiger partial charge is 0.0625 e. The first kappa shape index (κ1) is 14.2. The van der Waals surface area contributed by atoms with E-state index in [9.17, 15) is 0 Å². The quantitative estimate of drug-likeness (QED) is 0.740. The van der Waals surface area contributed by atoms with Crippen molar-refractivity contribution < 1.29 is 4.74 Å². The lowest BCUT2D eigenvalue weighted by Gasteiger charge is -2.15. The molecule has 0 radical (unpaired) electrons.